The number of nitrogens with zero attached hydrogens (tertiary/aromatic N) is 1. The Morgan fingerprint density at radius 3 is 2.48 bits per heavy atom. The molecule has 3 rings (SSSR count). The monoisotopic (exact) mass is 336 g/mol. The van der Waals surface area contributed by atoms with Crippen molar-refractivity contribution in [3.05, 3.63) is 35.9 Å². The summed E-state index contributed by atoms with van der Waals surface area (Å²) in [4.78, 5) is 11.4. The number of hydrogen-bond donors (Lipinski definition) is 1. The van der Waals surface area contributed by atoms with Crippen LogP contribution >= 0.6 is 0 Å². The number of carbonyl (C=O) groups excluding carboxylic acids is 1. The van der Waals surface area contributed by atoms with Crippen LogP contribution in [0.1, 0.15) is 44.1 Å². The third kappa shape index (κ3) is 3.58. The molecular weight excluding hydrogens is 312 g/mol. The highest BCUT2D eigenvalue weighted by Crippen LogP contribution is 2.47. The largest absolute Gasteiger partial charge is 0.353 e. The SMILES string of the molecule is CCC(=O)NC1CCN(S(=O)(=O)C2CC2c2ccccc2)CC1. The fourth-order valence-corrected chi connectivity index (χ4v) is 5.45. The number of piperidine rings is 1. The van der Waals surface area contributed by atoms with E-state index < -0.39 is 10.0 Å². The van der Waals surface area contributed by atoms with E-state index >= 15 is 0 Å². The van der Waals surface area contributed by atoms with Gasteiger partial charge in [0.05, 0.1) is 5.25 Å². The first-order valence-corrected chi connectivity index (χ1v) is 9.86. The fraction of sp³-hybridized carbons (Fsp3) is 0.588. The van der Waals surface area contributed by atoms with Gasteiger partial charge in [0.25, 0.3) is 0 Å². The smallest absolute Gasteiger partial charge is 0.219 e. The zero-order valence-electron chi connectivity index (χ0n) is 13.4. The van der Waals surface area contributed by atoms with E-state index in [4.69, 9.17) is 0 Å². The number of nitrogens with one attached hydrogen (secondary N) is 1. The minimum absolute atomic E-state index is 0.0395. The normalized spacial score (nSPS) is 26.0. The van der Waals surface area contributed by atoms with Gasteiger partial charge in [0.2, 0.25) is 15.9 Å². The Morgan fingerprint density at radius 2 is 1.87 bits per heavy atom. The molecule has 0 aromatic heterocycles. The van der Waals surface area contributed by atoms with Crippen molar-refractivity contribution in [2.24, 2.45) is 0 Å². The van der Waals surface area contributed by atoms with E-state index in [1.165, 1.54) is 0 Å². The van der Waals surface area contributed by atoms with Crippen molar-refractivity contribution < 1.29 is 13.2 Å². The molecule has 1 aliphatic carbocycles. The molecule has 126 valence electrons. The van der Waals surface area contributed by atoms with Crippen LogP contribution in [0.5, 0.6) is 0 Å². The van der Waals surface area contributed by atoms with Crippen LogP contribution in [0, 0.1) is 0 Å². The molecule has 1 aromatic carbocycles. The second-order valence-corrected chi connectivity index (χ2v) is 8.58. The van der Waals surface area contributed by atoms with E-state index in [0.29, 0.717) is 32.4 Å². The average molecular weight is 336 g/mol. The maximum absolute atomic E-state index is 12.8. The zero-order chi connectivity index (χ0) is 16.4. The van der Waals surface area contributed by atoms with Gasteiger partial charge < -0.3 is 5.32 Å². The summed E-state index contributed by atoms with van der Waals surface area (Å²) in [7, 11) is -3.22. The molecule has 1 amide bonds. The topological polar surface area (TPSA) is 66.5 Å². The molecule has 1 saturated carbocycles. The van der Waals surface area contributed by atoms with Gasteiger partial charge in [-0.2, -0.15) is 0 Å². The van der Waals surface area contributed by atoms with E-state index in [2.05, 4.69) is 5.32 Å². The molecule has 2 atom stereocenters. The average Bonchev–Trinajstić information content (AvgIpc) is 3.37. The molecule has 2 unspecified atom stereocenters. The lowest BCUT2D eigenvalue weighted by atomic mass is 10.1. The van der Waals surface area contributed by atoms with E-state index in [1.807, 2.05) is 37.3 Å². The Hall–Kier alpha value is -1.40. The van der Waals surface area contributed by atoms with E-state index in [1.54, 1.807) is 4.31 Å². The third-order valence-electron chi connectivity index (χ3n) is 4.84. The summed E-state index contributed by atoms with van der Waals surface area (Å²) in [6.07, 6.45) is 2.60. The van der Waals surface area contributed by atoms with Crippen LogP contribution in [-0.2, 0) is 14.8 Å². The molecule has 0 bridgehead atoms. The Kier molecular flexibility index (Phi) is 4.73. The molecule has 0 spiro atoms. The molecule has 1 aromatic rings. The summed E-state index contributed by atoms with van der Waals surface area (Å²) >= 11 is 0. The highest BCUT2D eigenvalue weighted by Gasteiger charge is 2.50. The minimum atomic E-state index is -3.22. The number of rotatable bonds is 5. The van der Waals surface area contributed by atoms with Crippen LogP contribution in [0.25, 0.3) is 0 Å². The van der Waals surface area contributed by atoms with Gasteiger partial charge >= 0.3 is 0 Å². The molecule has 23 heavy (non-hydrogen) atoms. The summed E-state index contributed by atoms with van der Waals surface area (Å²) in [5, 5.41) is 2.69. The van der Waals surface area contributed by atoms with Gasteiger partial charge in [-0.05, 0) is 24.8 Å². The van der Waals surface area contributed by atoms with Gasteiger partial charge in [-0.3, -0.25) is 4.79 Å². The maximum atomic E-state index is 12.8. The number of carbonyl (C=O) groups is 1. The fourth-order valence-electron chi connectivity index (χ4n) is 3.33. The van der Waals surface area contributed by atoms with Crippen molar-refractivity contribution in [2.75, 3.05) is 13.1 Å². The van der Waals surface area contributed by atoms with Crippen molar-refractivity contribution in [3.8, 4) is 0 Å². The Morgan fingerprint density at radius 1 is 1.22 bits per heavy atom. The van der Waals surface area contributed by atoms with Gasteiger partial charge in [-0.1, -0.05) is 37.3 Å². The lowest BCUT2D eigenvalue weighted by molar-refractivity contribution is -0.121. The van der Waals surface area contributed by atoms with Crippen LogP contribution in [0.2, 0.25) is 0 Å². The number of hydrogen-bond acceptors (Lipinski definition) is 3. The highest BCUT2D eigenvalue weighted by molar-refractivity contribution is 7.90. The second-order valence-electron chi connectivity index (χ2n) is 6.43. The molecule has 1 heterocycles. The third-order valence-corrected chi connectivity index (χ3v) is 7.21. The van der Waals surface area contributed by atoms with Gasteiger partial charge in [-0.25, -0.2) is 12.7 Å². The molecule has 2 fully saturated rings. The summed E-state index contributed by atoms with van der Waals surface area (Å²) in [5.74, 6) is 0.177. The lowest BCUT2D eigenvalue weighted by Gasteiger charge is -2.31. The zero-order valence-corrected chi connectivity index (χ0v) is 14.3. The molecule has 5 nitrogen and oxygen atoms in total. The minimum Gasteiger partial charge on any atom is -0.353 e. The van der Waals surface area contributed by atoms with Crippen molar-refractivity contribution in [2.45, 2.75) is 49.8 Å². The lowest BCUT2D eigenvalue weighted by Crippen LogP contribution is -2.47. The van der Waals surface area contributed by atoms with Crippen LogP contribution < -0.4 is 5.32 Å². The molecule has 0 radical (unpaired) electrons. The van der Waals surface area contributed by atoms with Gasteiger partial charge in [0.15, 0.2) is 0 Å². The van der Waals surface area contributed by atoms with Crippen molar-refractivity contribution in [1.29, 1.82) is 0 Å². The van der Waals surface area contributed by atoms with E-state index in [9.17, 15) is 13.2 Å². The van der Waals surface area contributed by atoms with Crippen molar-refractivity contribution >= 4 is 15.9 Å². The standard InChI is InChI=1S/C17H24N2O3S/c1-2-17(20)18-14-8-10-19(11-9-14)23(21,22)16-12-15(16)13-6-4-3-5-7-13/h3-7,14-16H,2,8-12H2,1H3,(H,18,20). The molecular formula is C17H24N2O3S. The van der Waals surface area contributed by atoms with Crippen molar-refractivity contribution in [3.63, 3.8) is 0 Å². The summed E-state index contributed by atoms with van der Waals surface area (Å²) in [5.41, 5.74) is 1.12. The molecule has 6 heteroatoms. The predicted molar refractivity (Wildman–Crippen MR) is 89.5 cm³/mol. The van der Waals surface area contributed by atoms with Crippen LogP contribution in [0.3, 0.4) is 0 Å². The Bertz CT molecular complexity index is 652. The quantitative estimate of drug-likeness (QED) is 0.892. The summed E-state index contributed by atoms with van der Waals surface area (Å²) < 4.78 is 27.1. The molecule has 1 N–H and O–H groups in total. The molecule has 1 aliphatic heterocycles. The summed E-state index contributed by atoms with van der Waals surface area (Å²) in [6, 6.07) is 9.99. The number of amides is 1. The summed E-state index contributed by atoms with van der Waals surface area (Å²) in [6.45, 7) is 2.84. The first kappa shape index (κ1) is 16.5. The van der Waals surface area contributed by atoms with Crippen LogP contribution in [0.15, 0.2) is 30.3 Å². The van der Waals surface area contributed by atoms with Crippen molar-refractivity contribution in [1.82, 2.24) is 9.62 Å². The first-order valence-electron chi connectivity index (χ1n) is 8.35. The van der Waals surface area contributed by atoms with Crippen LogP contribution in [0.4, 0.5) is 0 Å². The van der Waals surface area contributed by atoms with Gasteiger partial charge in [0, 0.05) is 31.5 Å². The van der Waals surface area contributed by atoms with Gasteiger partial charge in [0.1, 0.15) is 0 Å². The van der Waals surface area contributed by atoms with E-state index in [-0.39, 0.29) is 23.1 Å². The number of benzene rings is 1. The number of sulfonamides is 1. The Balaban J connectivity index is 1.57. The molecule has 1 saturated heterocycles. The molecule has 2 aliphatic rings. The maximum Gasteiger partial charge on any atom is 0.219 e. The second kappa shape index (κ2) is 6.61. The highest BCUT2D eigenvalue weighted by atomic mass is 32.2. The van der Waals surface area contributed by atoms with Crippen LogP contribution in [-0.4, -0.2) is 43.0 Å². The van der Waals surface area contributed by atoms with Gasteiger partial charge in [-0.15, -0.1) is 0 Å². The first-order chi connectivity index (χ1) is 11.0. The Labute approximate surface area is 138 Å². The van der Waals surface area contributed by atoms with E-state index in [0.717, 1.165) is 12.0 Å². The predicted octanol–water partition coefficient (Wildman–Crippen LogP) is 1.86.